The van der Waals surface area contributed by atoms with Gasteiger partial charge < -0.3 is 25.5 Å². The number of carbonyl (C=O) groups excluding carboxylic acids is 1. The van der Waals surface area contributed by atoms with Crippen LogP contribution >= 0.6 is 0 Å². The van der Waals surface area contributed by atoms with Crippen molar-refractivity contribution in [1.29, 1.82) is 0 Å². The van der Waals surface area contributed by atoms with Crippen LogP contribution in [0.3, 0.4) is 0 Å². The van der Waals surface area contributed by atoms with Gasteiger partial charge in [0.15, 0.2) is 8.32 Å². The predicted octanol–water partition coefficient (Wildman–Crippen LogP) is 2.97. The fraction of sp³-hybridized carbons (Fsp3) is 0.667. The van der Waals surface area contributed by atoms with Crippen LogP contribution < -0.4 is 16.4 Å². The minimum absolute atomic E-state index is 0.0661. The molecule has 26 heavy (non-hydrogen) atoms. The summed E-state index contributed by atoms with van der Waals surface area (Å²) >= 11 is 0. The van der Waals surface area contributed by atoms with Gasteiger partial charge in [-0.05, 0) is 24.2 Å². The molecule has 0 radical (unpaired) electrons. The van der Waals surface area contributed by atoms with Crippen molar-refractivity contribution in [2.75, 3.05) is 23.7 Å². The van der Waals surface area contributed by atoms with E-state index in [1.807, 2.05) is 6.07 Å². The second-order valence-corrected chi connectivity index (χ2v) is 13.4. The Morgan fingerprint density at radius 3 is 2.54 bits per heavy atom. The summed E-state index contributed by atoms with van der Waals surface area (Å²) in [6.45, 7) is 14.3. The molecule has 2 rings (SSSR count). The van der Waals surface area contributed by atoms with Gasteiger partial charge >= 0.3 is 6.09 Å². The highest BCUT2D eigenvalue weighted by molar-refractivity contribution is 6.74. The number of amides is 1. The second kappa shape index (κ2) is 7.44. The van der Waals surface area contributed by atoms with Crippen LogP contribution in [0.25, 0.3) is 0 Å². The maximum atomic E-state index is 11.5. The lowest BCUT2D eigenvalue weighted by Crippen LogP contribution is -2.58. The predicted molar refractivity (Wildman–Crippen MR) is 107 cm³/mol. The van der Waals surface area contributed by atoms with E-state index in [-0.39, 0.29) is 17.1 Å². The Bertz CT molecular complexity index is 648. The minimum atomic E-state index is -2.02. The lowest BCUT2D eigenvalue weighted by Gasteiger charge is -2.47. The molecule has 0 aliphatic carbocycles. The number of anilines is 2. The summed E-state index contributed by atoms with van der Waals surface area (Å²) < 4.78 is 12.1. The molecule has 1 aliphatic rings. The first kappa shape index (κ1) is 20.5. The van der Waals surface area contributed by atoms with E-state index in [2.05, 4.69) is 50.7 Å². The summed E-state index contributed by atoms with van der Waals surface area (Å²) in [5, 5.41) is 0.0661. The summed E-state index contributed by atoms with van der Waals surface area (Å²) in [6, 6.07) is 1.87. The Balaban J connectivity index is 2.27. The molecule has 1 amide bonds. The molecule has 146 valence electrons. The van der Waals surface area contributed by atoms with Gasteiger partial charge in [0.1, 0.15) is 6.10 Å². The second-order valence-electron chi connectivity index (χ2n) is 8.63. The third-order valence-electron chi connectivity index (χ3n) is 5.51. The molecular weight excluding hydrogens is 348 g/mol. The van der Waals surface area contributed by atoms with Gasteiger partial charge in [0.25, 0.3) is 0 Å². The largest absolute Gasteiger partial charge is 0.442 e. The Kier molecular flexibility index (Phi) is 5.87. The Labute approximate surface area is 157 Å². The van der Waals surface area contributed by atoms with Crippen LogP contribution in [-0.4, -0.2) is 44.7 Å². The van der Waals surface area contributed by atoms with Gasteiger partial charge in [-0.25, -0.2) is 4.79 Å². The molecule has 1 aromatic rings. The fourth-order valence-corrected chi connectivity index (χ4v) is 4.48. The van der Waals surface area contributed by atoms with Crippen molar-refractivity contribution in [1.82, 2.24) is 4.98 Å². The van der Waals surface area contributed by atoms with E-state index in [4.69, 9.17) is 20.6 Å². The van der Waals surface area contributed by atoms with E-state index in [0.717, 1.165) is 12.2 Å². The zero-order valence-electron chi connectivity index (χ0n) is 16.7. The molecule has 8 heteroatoms. The molecule has 4 N–H and O–H groups in total. The lowest BCUT2D eigenvalue weighted by atomic mass is 9.93. The average Bonchev–Trinajstić information content (AvgIpc) is 2.49. The van der Waals surface area contributed by atoms with Crippen LogP contribution in [0.1, 0.15) is 27.7 Å². The maximum absolute atomic E-state index is 11.5. The summed E-state index contributed by atoms with van der Waals surface area (Å²) in [5.74, 6) is 0.148. The number of primary amides is 1. The van der Waals surface area contributed by atoms with Crippen LogP contribution in [-0.2, 0) is 9.16 Å². The summed E-state index contributed by atoms with van der Waals surface area (Å²) in [7, 11) is -2.02. The van der Waals surface area contributed by atoms with Crippen molar-refractivity contribution in [2.45, 2.75) is 58.0 Å². The van der Waals surface area contributed by atoms with Crippen molar-refractivity contribution in [2.24, 2.45) is 11.7 Å². The number of hydrogen-bond donors (Lipinski definition) is 2. The molecule has 2 heterocycles. The zero-order valence-corrected chi connectivity index (χ0v) is 17.7. The van der Waals surface area contributed by atoms with Crippen LogP contribution in [0.15, 0.2) is 18.5 Å². The van der Waals surface area contributed by atoms with Gasteiger partial charge in [-0.2, -0.15) is 0 Å². The number of ether oxygens (including phenoxy) is 1. The number of hydrogen-bond acceptors (Lipinski definition) is 6. The van der Waals surface area contributed by atoms with Crippen molar-refractivity contribution >= 4 is 25.8 Å². The highest BCUT2D eigenvalue weighted by Gasteiger charge is 2.45. The number of nitrogens with two attached hydrogens (primary N) is 2. The van der Waals surface area contributed by atoms with E-state index in [0.29, 0.717) is 12.2 Å². The molecule has 7 nitrogen and oxygen atoms in total. The highest BCUT2D eigenvalue weighted by atomic mass is 28.4. The van der Waals surface area contributed by atoms with Crippen molar-refractivity contribution < 1.29 is 14.0 Å². The van der Waals surface area contributed by atoms with E-state index in [1.165, 1.54) is 0 Å². The fourth-order valence-electron chi connectivity index (χ4n) is 3.06. The number of nitrogen functional groups attached to an aromatic ring is 1. The third-order valence-corrected chi connectivity index (χ3v) is 9.98. The average molecular weight is 381 g/mol. The van der Waals surface area contributed by atoms with Crippen molar-refractivity contribution in [3.8, 4) is 0 Å². The van der Waals surface area contributed by atoms with Gasteiger partial charge in [-0.1, -0.05) is 27.7 Å². The normalized spacial score (nSPS) is 24.4. The molecule has 1 aromatic heterocycles. The first-order valence-electron chi connectivity index (χ1n) is 9.00. The Morgan fingerprint density at radius 2 is 2.00 bits per heavy atom. The van der Waals surface area contributed by atoms with Crippen molar-refractivity contribution in [3.63, 3.8) is 0 Å². The number of piperidine rings is 1. The van der Waals surface area contributed by atoms with Gasteiger partial charge in [0, 0.05) is 18.7 Å². The molecular formula is C18H32N4O3Si. The van der Waals surface area contributed by atoms with Gasteiger partial charge in [-0.15, -0.1) is 0 Å². The quantitative estimate of drug-likeness (QED) is 0.778. The van der Waals surface area contributed by atoms with Gasteiger partial charge in [-0.3, -0.25) is 4.98 Å². The molecule has 0 saturated carbocycles. The molecule has 0 aromatic carbocycles. The monoisotopic (exact) mass is 380 g/mol. The summed E-state index contributed by atoms with van der Waals surface area (Å²) in [4.78, 5) is 17.6. The molecule has 0 bridgehead atoms. The summed E-state index contributed by atoms with van der Waals surface area (Å²) in [6.07, 6.45) is 1.91. The van der Waals surface area contributed by atoms with Crippen LogP contribution in [0, 0.1) is 5.92 Å². The summed E-state index contributed by atoms with van der Waals surface area (Å²) in [5.41, 5.74) is 12.9. The van der Waals surface area contributed by atoms with Crippen LogP contribution in [0.2, 0.25) is 18.1 Å². The number of nitrogens with zero attached hydrogens (tertiary/aromatic N) is 2. The molecule has 1 fully saturated rings. The topological polar surface area (TPSA) is 104 Å². The number of pyridine rings is 1. The highest BCUT2D eigenvalue weighted by Crippen LogP contribution is 2.40. The van der Waals surface area contributed by atoms with Crippen LogP contribution in [0.4, 0.5) is 16.2 Å². The molecule has 1 aliphatic heterocycles. The van der Waals surface area contributed by atoms with E-state index in [9.17, 15) is 4.79 Å². The lowest BCUT2D eigenvalue weighted by molar-refractivity contribution is -0.0211. The molecule has 1 saturated heterocycles. The number of rotatable bonds is 4. The molecule has 0 spiro atoms. The minimum Gasteiger partial charge on any atom is -0.442 e. The van der Waals surface area contributed by atoms with E-state index >= 15 is 0 Å². The van der Waals surface area contributed by atoms with Gasteiger partial charge in [0.2, 0.25) is 0 Å². The maximum Gasteiger partial charge on any atom is 0.404 e. The van der Waals surface area contributed by atoms with Crippen LogP contribution in [0.5, 0.6) is 0 Å². The first-order valence-corrected chi connectivity index (χ1v) is 11.9. The smallest absolute Gasteiger partial charge is 0.404 e. The van der Waals surface area contributed by atoms with E-state index in [1.54, 1.807) is 12.4 Å². The molecule has 3 atom stereocenters. The van der Waals surface area contributed by atoms with E-state index < -0.39 is 20.5 Å². The Hall–Kier alpha value is -1.80. The van der Waals surface area contributed by atoms with Gasteiger partial charge in [0.05, 0.1) is 30.2 Å². The first-order chi connectivity index (χ1) is 11.9. The zero-order chi connectivity index (χ0) is 19.7. The molecule has 0 unspecified atom stereocenters. The Morgan fingerprint density at radius 1 is 1.35 bits per heavy atom. The number of carbonyl (C=O) groups is 1. The van der Waals surface area contributed by atoms with Crippen molar-refractivity contribution in [3.05, 3.63) is 18.5 Å². The number of aromatic nitrogens is 1. The third kappa shape index (κ3) is 4.48. The SMILES string of the molecule is C[C@H]1CN(c2ccncc2N)C[C@@H](OC(N)=O)[C@@H]1O[Si](C)(C)C(C)(C)C. The standard InChI is InChI=1S/C18H32N4O3Si/c1-12-10-22(14-7-8-21-9-13(14)19)11-15(24-17(20)23)16(12)25-26(5,6)18(2,3)4/h7-9,12,15-16H,10-11,19H2,1-6H3,(H2,20,23)/t12-,15+,16+/m0/s1.